The van der Waals surface area contributed by atoms with E-state index in [1.165, 1.54) is 0 Å². The van der Waals surface area contributed by atoms with E-state index in [9.17, 15) is 4.79 Å². The molecule has 1 heterocycles. The summed E-state index contributed by atoms with van der Waals surface area (Å²) in [4.78, 5) is 21.4. The molecule has 0 aliphatic heterocycles. The second kappa shape index (κ2) is 8.09. The molecule has 2 aromatic rings. The van der Waals surface area contributed by atoms with Crippen LogP contribution in [0.15, 0.2) is 36.7 Å². The van der Waals surface area contributed by atoms with Crippen LogP contribution in [0.1, 0.15) is 6.42 Å². The maximum absolute atomic E-state index is 10.8. The van der Waals surface area contributed by atoms with Gasteiger partial charge in [-0.3, -0.25) is 0 Å². The van der Waals surface area contributed by atoms with Crippen molar-refractivity contribution in [3.63, 3.8) is 0 Å². The van der Waals surface area contributed by atoms with Gasteiger partial charge in [-0.15, -0.1) is 0 Å². The third-order valence-electron chi connectivity index (χ3n) is 2.96. The Morgan fingerprint density at radius 3 is 2.61 bits per heavy atom. The van der Waals surface area contributed by atoms with Crippen molar-refractivity contribution in [2.75, 3.05) is 27.2 Å². The van der Waals surface area contributed by atoms with Crippen molar-refractivity contribution in [1.29, 1.82) is 0 Å². The fourth-order valence-corrected chi connectivity index (χ4v) is 1.93. The fourth-order valence-electron chi connectivity index (χ4n) is 1.93. The zero-order valence-electron chi connectivity index (χ0n) is 13.2. The van der Waals surface area contributed by atoms with E-state index in [0.29, 0.717) is 23.9 Å². The minimum Gasteiger partial charge on any atom is -0.490 e. The number of hydrogen-bond acceptors (Lipinski definition) is 6. The maximum atomic E-state index is 10.8. The van der Waals surface area contributed by atoms with E-state index < -0.39 is 6.09 Å². The molecule has 23 heavy (non-hydrogen) atoms. The summed E-state index contributed by atoms with van der Waals surface area (Å²) in [6, 6.07) is 6.84. The average molecular weight is 316 g/mol. The number of aromatic nitrogens is 2. The number of carbonyl (C=O) groups is 1. The number of nitrogens with zero attached hydrogens (tertiary/aromatic N) is 3. The van der Waals surface area contributed by atoms with Crippen LogP contribution in [0.2, 0.25) is 0 Å². The minimum absolute atomic E-state index is 0.350. The average Bonchev–Trinajstić information content (AvgIpc) is 2.52. The second-order valence-electron chi connectivity index (χ2n) is 5.20. The molecule has 7 nitrogen and oxygen atoms in total. The smallest absolute Gasteiger partial charge is 0.409 e. The number of hydrogen-bond donors (Lipinski definition) is 1. The van der Waals surface area contributed by atoms with Crippen LogP contribution >= 0.6 is 0 Å². The number of carbonyl (C=O) groups excluding carboxylic acids is 1. The lowest BCUT2D eigenvalue weighted by Crippen LogP contribution is -2.16. The summed E-state index contributed by atoms with van der Waals surface area (Å²) in [5.74, 6) is 1.49. The van der Waals surface area contributed by atoms with E-state index in [-0.39, 0.29) is 0 Å². The first kappa shape index (κ1) is 16.7. The molecule has 0 radical (unpaired) electrons. The lowest BCUT2D eigenvalue weighted by atomic mass is 10.2. The quantitative estimate of drug-likeness (QED) is 0.785. The highest BCUT2D eigenvalue weighted by molar-refractivity contribution is 5.69. The van der Waals surface area contributed by atoms with E-state index in [4.69, 9.17) is 15.2 Å². The standard InChI is InChI=1S/C16H20N4O3/c1-20(2)7-4-8-22-14-10-18-15(19-11-14)12-5-3-6-13(9-12)23-16(17)21/h3,5-6,9-11H,4,7-8H2,1-2H3,(H2,17,21). The highest BCUT2D eigenvalue weighted by Crippen LogP contribution is 2.21. The van der Waals surface area contributed by atoms with Crippen LogP contribution in [-0.4, -0.2) is 48.2 Å². The normalized spacial score (nSPS) is 10.6. The van der Waals surface area contributed by atoms with E-state index in [0.717, 1.165) is 18.5 Å². The largest absolute Gasteiger partial charge is 0.490 e. The minimum atomic E-state index is -0.857. The molecule has 1 aromatic carbocycles. The number of nitrogens with two attached hydrogens (primary N) is 1. The Hall–Kier alpha value is -2.67. The van der Waals surface area contributed by atoms with Gasteiger partial charge in [-0.1, -0.05) is 12.1 Å². The van der Waals surface area contributed by atoms with Crippen LogP contribution < -0.4 is 15.2 Å². The lowest BCUT2D eigenvalue weighted by molar-refractivity contribution is 0.211. The van der Waals surface area contributed by atoms with Gasteiger partial charge >= 0.3 is 6.09 Å². The Balaban J connectivity index is 1.97. The van der Waals surface area contributed by atoms with Crippen molar-refractivity contribution in [2.45, 2.75) is 6.42 Å². The van der Waals surface area contributed by atoms with Crippen molar-refractivity contribution in [2.24, 2.45) is 5.73 Å². The third kappa shape index (κ3) is 5.55. The number of ether oxygens (including phenoxy) is 2. The van der Waals surface area contributed by atoms with Gasteiger partial charge in [0.2, 0.25) is 0 Å². The molecule has 7 heteroatoms. The molecule has 2 N–H and O–H groups in total. The van der Waals surface area contributed by atoms with Crippen molar-refractivity contribution in [1.82, 2.24) is 14.9 Å². The van der Waals surface area contributed by atoms with Crippen LogP contribution in [0, 0.1) is 0 Å². The Kier molecular flexibility index (Phi) is 5.87. The van der Waals surface area contributed by atoms with Gasteiger partial charge in [0.25, 0.3) is 0 Å². The topological polar surface area (TPSA) is 90.6 Å². The maximum Gasteiger partial charge on any atom is 0.409 e. The van der Waals surface area contributed by atoms with Gasteiger partial charge in [0.05, 0.1) is 19.0 Å². The highest BCUT2D eigenvalue weighted by Gasteiger charge is 2.05. The summed E-state index contributed by atoms with van der Waals surface area (Å²) >= 11 is 0. The van der Waals surface area contributed by atoms with E-state index >= 15 is 0 Å². The van der Waals surface area contributed by atoms with Gasteiger partial charge in [-0.05, 0) is 32.6 Å². The summed E-state index contributed by atoms with van der Waals surface area (Å²) < 4.78 is 10.4. The van der Waals surface area contributed by atoms with Gasteiger partial charge < -0.3 is 20.1 Å². The molecule has 2 rings (SSSR count). The van der Waals surface area contributed by atoms with Gasteiger partial charge in [0, 0.05) is 12.1 Å². The molecule has 0 spiro atoms. The van der Waals surface area contributed by atoms with Gasteiger partial charge in [0.1, 0.15) is 5.75 Å². The molecule has 0 saturated heterocycles. The Morgan fingerprint density at radius 1 is 1.22 bits per heavy atom. The van der Waals surface area contributed by atoms with Crippen LogP contribution in [-0.2, 0) is 0 Å². The first-order valence-electron chi connectivity index (χ1n) is 7.22. The van der Waals surface area contributed by atoms with Crippen molar-refractivity contribution >= 4 is 6.09 Å². The number of rotatable bonds is 7. The lowest BCUT2D eigenvalue weighted by Gasteiger charge is -2.10. The molecule has 1 amide bonds. The second-order valence-corrected chi connectivity index (χ2v) is 5.20. The number of benzene rings is 1. The zero-order valence-corrected chi connectivity index (χ0v) is 13.2. The monoisotopic (exact) mass is 316 g/mol. The van der Waals surface area contributed by atoms with Crippen molar-refractivity contribution in [3.8, 4) is 22.9 Å². The molecule has 0 bridgehead atoms. The Labute approximate surface area is 135 Å². The number of amides is 1. The zero-order chi connectivity index (χ0) is 16.7. The van der Waals surface area contributed by atoms with Gasteiger partial charge in [-0.2, -0.15) is 0 Å². The van der Waals surface area contributed by atoms with Crippen molar-refractivity contribution < 1.29 is 14.3 Å². The molecule has 122 valence electrons. The van der Waals surface area contributed by atoms with Crippen LogP contribution in [0.4, 0.5) is 4.79 Å². The Bertz CT molecular complexity index is 644. The molecule has 0 saturated carbocycles. The van der Waals surface area contributed by atoms with Crippen molar-refractivity contribution in [3.05, 3.63) is 36.7 Å². The summed E-state index contributed by atoms with van der Waals surface area (Å²) in [5.41, 5.74) is 5.72. The fraction of sp³-hybridized carbons (Fsp3) is 0.312. The molecule has 0 atom stereocenters. The van der Waals surface area contributed by atoms with Gasteiger partial charge in [-0.25, -0.2) is 14.8 Å². The molecular formula is C16H20N4O3. The van der Waals surface area contributed by atoms with E-state index in [2.05, 4.69) is 14.9 Å². The summed E-state index contributed by atoms with van der Waals surface area (Å²) in [7, 11) is 4.04. The number of primary amides is 1. The molecule has 0 unspecified atom stereocenters. The first-order valence-corrected chi connectivity index (χ1v) is 7.22. The van der Waals surface area contributed by atoms with Gasteiger partial charge in [0.15, 0.2) is 11.6 Å². The predicted molar refractivity (Wildman–Crippen MR) is 86.3 cm³/mol. The molecule has 0 fully saturated rings. The highest BCUT2D eigenvalue weighted by atomic mass is 16.5. The van der Waals surface area contributed by atoms with Crippen LogP contribution in [0.5, 0.6) is 11.5 Å². The molecule has 1 aromatic heterocycles. The molecule has 0 aliphatic carbocycles. The van der Waals surface area contributed by atoms with Crippen LogP contribution in [0.3, 0.4) is 0 Å². The van der Waals surface area contributed by atoms with E-state index in [1.807, 2.05) is 20.2 Å². The first-order chi connectivity index (χ1) is 11.0. The molecule has 0 aliphatic rings. The van der Waals surface area contributed by atoms with Crippen LogP contribution in [0.25, 0.3) is 11.4 Å². The Morgan fingerprint density at radius 2 is 1.96 bits per heavy atom. The molecular weight excluding hydrogens is 296 g/mol. The third-order valence-corrected chi connectivity index (χ3v) is 2.96. The SMILES string of the molecule is CN(C)CCCOc1cnc(-c2cccc(OC(N)=O)c2)nc1. The van der Waals surface area contributed by atoms with E-state index in [1.54, 1.807) is 30.6 Å². The summed E-state index contributed by atoms with van der Waals surface area (Å²) in [6.07, 6.45) is 3.32. The summed E-state index contributed by atoms with van der Waals surface area (Å²) in [5, 5.41) is 0. The summed E-state index contributed by atoms with van der Waals surface area (Å²) in [6.45, 7) is 1.58. The predicted octanol–water partition coefficient (Wildman–Crippen LogP) is 1.93.